The van der Waals surface area contributed by atoms with Crippen molar-refractivity contribution in [3.8, 4) is 0 Å². The topological polar surface area (TPSA) is 84.5 Å². The number of rotatable bonds is 5. The number of nitrogens with zero attached hydrogens (tertiary/aromatic N) is 5. The summed E-state index contributed by atoms with van der Waals surface area (Å²) in [7, 11) is 0. The van der Waals surface area contributed by atoms with E-state index >= 15 is 0 Å². The van der Waals surface area contributed by atoms with E-state index in [2.05, 4.69) is 10.00 Å². The molecule has 138 valence electrons. The van der Waals surface area contributed by atoms with Crippen LogP contribution in [0.4, 0.5) is 10.1 Å². The van der Waals surface area contributed by atoms with Crippen LogP contribution in [0.2, 0.25) is 0 Å². The first-order valence-corrected chi connectivity index (χ1v) is 8.46. The van der Waals surface area contributed by atoms with Crippen molar-refractivity contribution in [3.05, 3.63) is 57.7 Å². The number of carbonyl (C=O) groups excluding carboxylic acids is 1. The van der Waals surface area contributed by atoms with Gasteiger partial charge in [-0.05, 0) is 24.6 Å². The van der Waals surface area contributed by atoms with Gasteiger partial charge < -0.3 is 4.90 Å². The van der Waals surface area contributed by atoms with Gasteiger partial charge in [-0.2, -0.15) is 5.10 Å². The fourth-order valence-corrected chi connectivity index (χ4v) is 3.08. The predicted molar refractivity (Wildman–Crippen MR) is 92.1 cm³/mol. The van der Waals surface area contributed by atoms with E-state index in [-0.39, 0.29) is 23.1 Å². The van der Waals surface area contributed by atoms with E-state index in [1.54, 1.807) is 24.0 Å². The molecule has 9 heteroatoms. The Bertz CT molecular complexity index is 797. The molecular weight excluding hydrogens is 341 g/mol. The summed E-state index contributed by atoms with van der Waals surface area (Å²) < 4.78 is 14.3. The van der Waals surface area contributed by atoms with Gasteiger partial charge in [-0.15, -0.1) is 0 Å². The third-order valence-electron chi connectivity index (χ3n) is 4.50. The number of hydrogen-bond acceptors (Lipinski definition) is 5. The number of nitro groups is 1. The molecule has 1 fully saturated rings. The van der Waals surface area contributed by atoms with Gasteiger partial charge in [0.2, 0.25) is 5.69 Å². The first-order chi connectivity index (χ1) is 12.5. The van der Waals surface area contributed by atoms with Gasteiger partial charge in [0.1, 0.15) is 12.0 Å². The van der Waals surface area contributed by atoms with E-state index in [1.807, 2.05) is 0 Å². The molecule has 2 aromatic rings. The summed E-state index contributed by atoms with van der Waals surface area (Å²) in [5.41, 5.74) is 0.779. The van der Waals surface area contributed by atoms with Crippen LogP contribution in [-0.4, -0.2) is 56.6 Å². The highest BCUT2D eigenvalue weighted by Crippen LogP contribution is 2.21. The number of carbonyl (C=O) groups is 1. The summed E-state index contributed by atoms with van der Waals surface area (Å²) in [6, 6.07) is 6.35. The molecule has 3 rings (SSSR count). The summed E-state index contributed by atoms with van der Waals surface area (Å²) >= 11 is 0. The molecular formula is C17H20FN5O3. The number of hydrogen-bond donors (Lipinski definition) is 0. The van der Waals surface area contributed by atoms with Crippen molar-refractivity contribution in [1.82, 2.24) is 19.6 Å². The first-order valence-electron chi connectivity index (χ1n) is 8.46. The third kappa shape index (κ3) is 3.72. The lowest BCUT2D eigenvalue weighted by Gasteiger charge is -2.34. The minimum atomic E-state index is -0.572. The fourth-order valence-electron chi connectivity index (χ4n) is 3.08. The highest BCUT2D eigenvalue weighted by atomic mass is 19.1. The largest absolute Gasteiger partial charge is 0.335 e. The Labute approximate surface area is 150 Å². The lowest BCUT2D eigenvalue weighted by molar-refractivity contribution is -0.385. The van der Waals surface area contributed by atoms with Crippen LogP contribution in [0.3, 0.4) is 0 Å². The van der Waals surface area contributed by atoms with Crippen LogP contribution in [0.15, 0.2) is 30.5 Å². The van der Waals surface area contributed by atoms with Crippen LogP contribution in [0.25, 0.3) is 0 Å². The van der Waals surface area contributed by atoms with E-state index < -0.39 is 4.92 Å². The maximum atomic E-state index is 13.0. The molecule has 1 aromatic carbocycles. The van der Waals surface area contributed by atoms with Gasteiger partial charge in [0.25, 0.3) is 5.91 Å². The third-order valence-corrected chi connectivity index (χ3v) is 4.50. The van der Waals surface area contributed by atoms with Crippen LogP contribution >= 0.6 is 0 Å². The van der Waals surface area contributed by atoms with Crippen LogP contribution in [0.5, 0.6) is 0 Å². The Morgan fingerprint density at radius 2 is 1.88 bits per heavy atom. The zero-order valence-corrected chi connectivity index (χ0v) is 14.5. The van der Waals surface area contributed by atoms with E-state index in [9.17, 15) is 19.3 Å². The summed E-state index contributed by atoms with van der Waals surface area (Å²) in [6.07, 6.45) is 1.13. The standard InChI is InChI=1S/C17H20FN5O3/c1-2-22-16(15(11-19-22)23(25)26)17(24)21-9-7-20(8-10-21)12-13-3-5-14(18)6-4-13/h3-6,11H,2,7-10,12H2,1H3. The van der Waals surface area contributed by atoms with Gasteiger partial charge in [0.15, 0.2) is 0 Å². The van der Waals surface area contributed by atoms with Crippen LogP contribution in [0, 0.1) is 15.9 Å². The van der Waals surface area contributed by atoms with Gasteiger partial charge in [0, 0.05) is 39.3 Å². The number of halogens is 1. The second-order valence-electron chi connectivity index (χ2n) is 6.15. The maximum absolute atomic E-state index is 13.0. The van der Waals surface area contributed by atoms with Gasteiger partial charge in [-0.1, -0.05) is 12.1 Å². The van der Waals surface area contributed by atoms with Crippen molar-refractivity contribution in [2.24, 2.45) is 0 Å². The van der Waals surface area contributed by atoms with Gasteiger partial charge >= 0.3 is 5.69 Å². The summed E-state index contributed by atoms with van der Waals surface area (Å²) in [5.74, 6) is -0.629. The average Bonchev–Trinajstić information content (AvgIpc) is 3.08. The van der Waals surface area contributed by atoms with Gasteiger partial charge in [-0.25, -0.2) is 4.39 Å². The number of piperazine rings is 1. The first kappa shape index (κ1) is 18.0. The Hall–Kier alpha value is -2.81. The molecule has 0 spiro atoms. The van der Waals surface area contributed by atoms with Crippen LogP contribution in [-0.2, 0) is 13.1 Å². The molecule has 2 heterocycles. The quantitative estimate of drug-likeness (QED) is 0.600. The molecule has 0 aliphatic carbocycles. The molecule has 8 nitrogen and oxygen atoms in total. The van der Waals surface area contributed by atoms with E-state index in [0.29, 0.717) is 39.3 Å². The second kappa shape index (κ2) is 7.61. The molecule has 0 N–H and O–H groups in total. The monoisotopic (exact) mass is 361 g/mol. The fraction of sp³-hybridized carbons (Fsp3) is 0.412. The van der Waals surface area contributed by atoms with Crippen molar-refractivity contribution in [2.45, 2.75) is 20.0 Å². The Morgan fingerprint density at radius 3 is 2.46 bits per heavy atom. The van der Waals surface area contributed by atoms with Crippen molar-refractivity contribution in [1.29, 1.82) is 0 Å². The molecule has 1 saturated heterocycles. The van der Waals surface area contributed by atoms with E-state index in [4.69, 9.17) is 0 Å². The molecule has 1 amide bonds. The van der Waals surface area contributed by atoms with Crippen molar-refractivity contribution < 1.29 is 14.1 Å². The van der Waals surface area contributed by atoms with Gasteiger partial charge in [0.05, 0.1) is 4.92 Å². The van der Waals surface area contributed by atoms with Crippen molar-refractivity contribution in [2.75, 3.05) is 26.2 Å². The molecule has 0 atom stereocenters. The molecule has 26 heavy (non-hydrogen) atoms. The minimum Gasteiger partial charge on any atom is -0.335 e. The maximum Gasteiger partial charge on any atom is 0.320 e. The Balaban J connectivity index is 1.64. The lowest BCUT2D eigenvalue weighted by Crippen LogP contribution is -2.48. The van der Waals surface area contributed by atoms with Crippen LogP contribution in [0.1, 0.15) is 23.0 Å². The van der Waals surface area contributed by atoms with E-state index in [0.717, 1.165) is 11.8 Å². The molecule has 1 aliphatic heterocycles. The number of benzene rings is 1. The molecule has 1 aliphatic rings. The highest BCUT2D eigenvalue weighted by Gasteiger charge is 2.31. The van der Waals surface area contributed by atoms with Gasteiger partial charge in [-0.3, -0.25) is 24.5 Å². The zero-order valence-electron chi connectivity index (χ0n) is 14.5. The summed E-state index contributed by atoms with van der Waals surface area (Å²) in [5, 5.41) is 15.1. The summed E-state index contributed by atoms with van der Waals surface area (Å²) in [4.78, 5) is 27.2. The van der Waals surface area contributed by atoms with Crippen molar-refractivity contribution in [3.63, 3.8) is 0 Å². The average molecular weight is 361 g/mol. The molecule has 0 saturated carbocycles. The number of aryl methyl sites for hydroxylation is 1. The summed E-state index contributed by atoms with van der Waals surface area (Å²) in [6.45, 7) is 5.11. The normalized spacial score (nSPS) is 15.2. The smallest absolute Gasteiger partial charge is 0.320 e. The van der Waals surface area contributed by atoms with E-state index in [1.165, 1.54) is 16.8 Å². The number of aromatic nitrogens is 2. The lowest BCUT2D eigenvalue weighted by atomic mass is 10.2. The zero-order chi connectivity index (χ0) is 18.7. The highest BCUT2D eigenvalue weighted by molar-refractivity contribution is 5.96. The SMILES string of the molecule is CCn1ncc([N+](=O)[O-])c1C(=O)N1CCN(Cc2ccc(F)cc2)CC1. The molecule has 0 unspecified atom stereocenters. The van der Waals surface area contributed by atoms with Crippen molar-refractivity contribution >= 4 is 11.6 Å². The minimum absolute atomic E-state index is 0.0319. The molecule has 0 radical (unpaired) electrons. The van der Waals surface area contributed by atoms with Crippen LogP contribution < -0.4 is 0 Å². The Morgan fingerprint density at radius 1 is 1.23 bits per heavy atom. The second-order valence-corrected chi connectivity index (χ2v) is 6.15. The predicted octanol–water partition coefficient (Wildman–Crippen LogP) is 1.91. The molecule has 1 aromatic heterocycles. The molecule has 0 bridgehead atoms. The Kier molecular flexibility index (Phi) is 5.27. The number of amides is 1.